The third kappa shape index (κ3) is 3.69. The lowest BCUT2D eigenvalue weighted by atomic mass is 10.2. The van der Waals surface area contributed by atoms with Crippen molar-refractivity contribution in [2.24, 2.45) is 0 Å². The van der Waals surface area contributed by atoms with Gasteiger partial charge in [0, 0.05) is 16.8 Å². The van der Waals surface area contributed by atoms with Gasteiger partial charge in [0.05, 0.1) is 12.4 Å². The number of halogens is 1. The van der Waals surface area contributed by atoms with E-state index < -0.39 is 0 Å². The van der Waals surface area contributed by atoms with Gasteiger partial charge in [-0.05, 0) is 37.6 Å². The van der Waals surface area contributed by atoms with Gasteiger partial charge in [0.2, 0.25) is 0 Å². The van der Waals surface area contributed by atoms with E-state index in [-0.39, 0.29) is 11.6 Å². The second kappa shape index (κ2) is 6.67. The predicted molar refractivity (Wildman–Crippen MR) is 90.7 cm³/mol. The van der Waals surface area contributed by atoms with Crippen LogP contribution in [0.1, 0.15) is 21.8 Å². The summed E-state index contributed by atoms with van der Waals surface area (Å²) >= 11 is 5.90. The van der Waals surface area contributed by atoms with Gasteiger partial charge in [0.15, 0.2) is 5.82 Å². The zero-order valence-electron chi connectivity index (χ0n) is 13.0. The fourth-order valence-corrected chi connectivity index (χ4v) is 2.25. The SMILES string of the molecule is Cc1cc(Nc2cnc(C(=O)Nc3ccc(Cl)cc3C)cn2)no1. The van der Waals surface area contributed by atoms with Crippen molar-refractivity contribution in [2.75, 3.05) is 10.6 Å². The topological polar surface area (TPSA) is 92.9 Å². The average molecular weight is 344 g/mol. The molecule has 0 saturated carbocycles. The van der Waals surface area contributed by atoms with Crippen molar-refractivity contribution in [1.29, 1.82) is 0 Å². The molecule has 0 atom stereocenters. The highest BCUT2D eigenvalue weighted by Gasteiger charge is 2.11. The minimum absolute atomic E-state index is 0.200. The van der Waals surface area contributed by atoms with Crippen molar-refractivity contribution in [3.63, 3.8) is 0 Å². The standard InChI is InChI=1S/C16H14ClN5O2/c1-9-5-11(17)3-4-12(9)20-16(23)13-7-19-15(8-18-13)21-14-6-10(2)24-22-14/h3-8H,1-2H3,(H,20,23)(H,19,21,22). The maximum absolute atomic E-state index is 12.2. The second-order valence-corrected chi connectivity index (χ2v) is 5.58. The summed E-state index contributed by atoms with van der Waals surface area (Å²) in [4.78, 5) is 20.5. The van der Waals surface area contributed by atoms with Crippen LogP contribution in [0.5, 0.6) is 0 Å². The molecular formula is C16H14ClN5O2. The molecule has 2 aromatic heterocycles. The molecule has 0 bridgehead atoms. The molecule has 1 aromatic carbocycles. The van der Waals surface area contributed by atoms with Crippen LogP contribution in [0.3, 0.4) is 0 Å². The third-order valence-corrected chi connectivity index (χ3v) is 3.44. The van der Waals surface area contributed by atoms with E-state index in [0.717, 1.165) is 5.56 Å². The number of amides is 1. The van der Waals surface area contributed by atoms with E-state index >= 15 is 0 Å². The first-order valence-electron chi connectivity index (χ1n) is 7.11. The number of aromatic nitrogens is 3. The Labute approximate surface area is 143 Å². The van der Waals surface area contributed by atoms with Crippen molar-refractivity contribution < 1.29 is 9.32 Å². The van der Waals surface area contributed by atoms with E-state index in [1.807, 2.05) is 6.92 Å². The van der Waals surface area contributed by atoms with E-state index in [2.05, 4.69) is 25.8 Å². The summed E-state index contributed by atoms with van der Waals surface area (Å²) in [5, 5.41) is 10.1. The lowest BCUT2D eigenvalue weighted by Gasteiger charge is -2.08. The molecule has 0 aliphatic rings. The summed E-state index contributed by atoms with van der Waals surface area (Å²) in [6.07, 6.45) is 2.84. The molecule has 3 aromatic rings. The molecule has 0 radical (unpaired) electrons. The molecule has 24 heavy (non-hydrogen) atoms. The van der Waals surface area contributed by atoms with Crippen LogP contribution in [0.15, 0.2) is 41.2 Å². The Morgan fingerprint density at radius 1 is 1.12 bits per heavy atom. The lowest BCUT2D eigenvalue weighted by molar-refractivity contribution is 0.102. The summed E-state index contributed by atoms with van der Waals surface area (Å²) in [5.41, 5.74) is 1.74. The molecule has 0 aliphatic heterocycles. The number of nitrogens with zero attached hydrogens (tertiary/aromatic N) is 3. The Morgan fingerprint density at radius 2 is 1.96 bits per heavy atom. The van der Waals surface area contributed by atoms with Crippen LogP contribution in [0.25, 0.3) is 0 Å². The zero-order valence-corrected chi connectivity index (χ0v) is 13.8. The fourth-order valence-electron chi connectivity index (χ4n) is 2.02. The molecule has 0 spiro atoms. The Morgan fingerprint density at radius 3 is 2.58 bits per heavy atom. The summed E-state index contributed by atoms with van der Waals surface area (Å²) < 4.78 is 4.95. The van der Waals surface area contributed by atoms with Crippen LogP contribution in [-0.4, -0.2) is 21.0 Å². The first-order valence-corrected chi connectivity index (χ1v) is 7.49. The van der Waals surface area contributed by atoms with E-state index in [1.54, 1.807) is 31.2 Å². The number of benzene rings is 1. The molecule has 0 fully saturated rings. The van der Waals surface area contributed by atoms with Crippen LogP contribution < -0.4 is 10.6 Å². The highest BCUT2D eigenvalue weighted by molar-refractivity contribution is 6.30. The number of aryl methyl sites for hydroxylation is 2. The van der Waals surface area contributed by atoms with E-state index in [9.17, 15) is 4.79 Å². The maximum atomic E-state index is 12.2. The number of carbonyl (C=O) groups excluding carboxylic acids is 1. The van der Waals surface area contributed by atoms with Gasteiger partial charge in [-0.3, -0.25) is 4.79 Å². The highest BCUT2D eigenvalue weighted by Crippen LogP contribution is 2.20. The highest BCUT2D eigenvalue weighted by atomic mass is 35.5. The Hall–Kier alpha value is -2.93. The van der Waals surface area contributed by atoms with Crippen LogP contribution >= 0.6 is 11.6 Å². The molecule has 0 unspecified atom stereocenters. The summed E-state index contributed by atoms with van der Waals surface area (Å²) in [6.45, 7) is 3.65. The summed E-state index contributed by atoms with van der Waals surface area (Å²) in [7, 11) is 0. The number of rotatable bonds is 4. The van der Waals surface area contributed by atoms with Crippen molar-refractivity contribution >= 4 is 34.8 Å². The van der Waals surface area contributed by atoms with Crippen LogP contribution in [0.2, 0.25) is 5.02 Å². The van der Waals surface area contributed by atoms with Crippen molar-refractivity contribution in [3.8, 4) is 0 Å². The fraction of sp³-hybridized carbons (Fsp3) is 0.125. The van der Waals surface area contributed by atoms with Crippen molar-refractivity contribution in [1.82, 2.24) is 15.1 Å². The smallest absolute Gasteiger partial charge is 0.275 e. The van der Waals surface area contributed by atoms with E-state index in [1.165, 1.54) is 12.4 Å². The van der Waals surface area contributed by atoms with Crippen LogP contribution in [0, 0.1) is 13.8 Å². The first-order chi connectivity index (χ1) is 11.5. The monoisotopic (exact) mass is 343 g/mol. The lowest BCUT2D eigenvalue weighted by Crippen LogP contribution is -2.15. The van der Waals surface area contributed by atoms with E-state index in [0.29, 0.717) is 28.1 Å². The van der Waals surface area contributed by atoms with Gasteiger partial charge in [-0.1, -0.05) is 16.8 Å². The van der Waals surface area contributed by atoms with Gasteiger partial charge in [-0.25, -0.2) is 9.97 Å². The molecule has 0 saturated heterocycles. The number of hydrogen-bond donors (Lipinski definition) is 2. The second-order valence-electron chi connectivity index (χ2n) is 5.15. The number of hydrogen-bond acceptors (Lipinski definition) is 6. The molecule has 1 amide bonds. The van der Waals surface area contributed by atoms with Gasteiger partial charge < -0.3 is 15.2 Å². The molecular weight excluding hydrogens is 330 g/mol. The Bertz CT molecular complexity index is 876. The summed E-state index contributed by atoms with van der Waals surface area (Å²) in [6, 6.07) is 6.95. The molecule has 2 N–H and O–H groups in total. The summed E-state index contributed by atoms with van der Waals surface area (Å²) in [5.74, 6) is 1.31. The molecule has 122 valence electrons. The Kier molecular flexibility index (Phi) is 4.43. The predicted octanol–water partition coefficient (Wildman–Crippen LogP) is 3.73. The minimum atomic E-state index is -0.350. The largest absolute Gasteiger partial charge is 0.360 e. The quantitative estimate of drug-likeness (QED) is 0.749. The van der Waals surface area contributed by atoms with Gasteiger partial charge in [0.1, 0.15) is 17.3 Å². The van der Waals surface area contributed by atoms with Gasteiger partial charge in [-0.2, -0.15) is 0 Å². The van der Waals surface area contributed by atoms with Crippen molar-refractivity contribution in [2.45, 2.75) is 13.8 Å². The number of anilines is 3. The van der Waals surface area contributed by atoms with Gasteiger partial charge in [-0.15, -0.1) is 0 Å². The third-order valence-electron chi connectivity index (χ3n) is 3.21. The zero-order chi connectivity index (χ0) is 17.1. The normalized spacial score (nSPS) is 10.5. The minimum Gasteiger partial charge on any atom is -0.360 e. The van der Waals surface area contributed by atoms with E-state index in [4.69, 9.17) is 16.1 Å². The van der Waals surface area contributed by atoms with Crippen molar-refractivity contribution in [3.05, 3.63) is 58.7 Å². The molecule has 2 heterocycles. The van der Waals surface area contributed by atoms with Crippen LogP contribution in [0.4, 0.5) is 17.3 Å². The van der Waals surface area contributed by atoms with Gasteiger partial charge in [0.25, 0.3) is 5.91 Å². The number of nitrogens with one attached hydrogen (secondary N) is 2. The average Bonchev–Trinajstić information content (AvgIpc) is 2.96. The molecule has 7 nitrogen and oxygen atoms in total. The maximum Gasteiger partial charge on any atom is 0.275 e. The van der Waals surface area contributed by atoms with Gasteiger partial charge >= 0.3 is 0 Å². The molecule has 3 rings (SSSR count). The first kappa shape index (κ1) is 15.9. The molecule has 0 aliphatic carbocycles. The Balaban J connectivity index is 1.69. The van der Waals surface area contributed by atoms with Crippen LogP contribution in [-0.2, 0) is 0 Å². The molecule has 8 heteroatoms. The number of carbonyl (C=O) groups is 1.